The molecule has 2 N–H and O–H groups in total. The van der Waals surface area contributed by atoms with E-state index in [0.29, 0.717) is 18.0 Å². The van der Waals surface area contributed by atoms with Crippen LogP contribution in [0.5, 0.6) is 0 Å². The van der Waals surface area contributed by atoms with E-state index in [0.717, 1.165) is 34.6 Å². The number of benzene rings is 2. The van der Waals surface area contributed by atoms with Gasteiger partial charge in [-0.2, -0.15) is 0 Å². The van der Waals surface area contributed by atoms with Crippen molar-refractivity contribution in [1.82, 2.24) is 10.3 Å². The third-order valence-electron chi connectivity index (χ3n) is 4.80. The average molecular weight is 400 g/mol. The third-order valence-corrected chi connectivity index (χ3v) is 4.80. The van der Waals surface area contributed by atoms with E-state index in [-0.39, 0.29) is 5.91 Å². The number of aryl methyl sites for hydroxylation is 1. The SMILES string of the molecule is Cc1cc(/C=C/c2ccccn2)ccc1Nc1cccc(C(=O)NCCC(C)C)c1. The Balaban J connectivity index is 1.66. The van der Waals surface area contributed by atoms with E-state index in [1.54, 1.807) is 6.20 Å². The zero-order chi connectivity index (χ0) is 21.3. The van der Waals surface area contributed by atoms with Crippen LogP contribution in [0.4, 0.5) is 11.4 Å². The van der Waals surface area contributed by atoms with Crippen molar-refractivity contribution in [2.75, 3.05) is 11.9 Å². The summed E-state index contributed by atoms with van der Waals surface area (Å²) in [7, 11) is 0. The van der Waals surface area contributed by atoms with Gasteiger partial charge in [0, 0.05) is 29.7 Å². The van der Waals surface area contributed by atoms with Gasteiger partial charge in [-0.25, -0.2) is 0 Å². The molecule has 0 aliphatic rings. The highest BCUT2D eigenvalue weighted by Gasteiger charge is 2.07. The number of nitrogens with one attached hydrogen (secondary N) is 2. The molecule has 0 fully saturated rings. The van der Waals surface area contributed by atoms with E-state index in [9.17, 15) is 4.79 Å². The predicted molar refractivity (Wildman–Crippen MR) is 126 cm³/mol. The number of rotatable bonds is 8. The number of pyridine rings is 1. The summed E-state index contributed by atoms with van der Waals surface area (Å²) in [5.41, 5.74) is 5.75. The number of carbonyl (C=O) groups is 1. The van der Waals surface area contributed by atoms with Crippen LogP contribution in [-0.4, -0.2) is 17.4 Å². The van der Waals surface area contributed by atoms with Gasteiger partial charge in [-0.05, 0) is 78.9 Å². The molecule has 0 atom stereocenters. The lowest BCUT2D eigenvalue weighted by Crippen LogP contribution is -2.25. The van der Waals surface area contributed by atoms with E-state index in [2.05, 4.69) is 60.7 Å². The van der Waals surface area contributed by atoms with Crippen LogP contribution in [0.3, 0.4) is 0 Å². The fourth-order valence-electron chi connectivity index (χ4n) is 3.06. The Labute approximate surface area is 179 Å². The summed E-state index contributed by atoms with van der Waals surface area (Å²) < 4.78 is 0. The van der Waals surface area contributed by atoms with Crippen molar-refractivity contribution in [3.05, 3.63) is 89.2 Å². The highest BCUT2D eigenvalue weighted by molar-refractivity contribution is 5.95. The minimum Gasteiger partial charge on any atom is -0.355 e. The van der Waals surface area contributed by atoms with Crippen LogP contribution < -0.4 is 10.6 Å². The van der Waals surface area contributed by atoms with Gasteiger partial charge in [-0.15, -0.1) is 0 Å². The molecule has 0 saturated carbocycles. The summed E-state index contributed by atoms with van der Waals surface area (Å²) in [5.74, 6) is 0.536. The molecule has 3 aromatic rings. The van der Waals surface area contributed by atoms with Gasteiger partial charge in [0.2, 0.25) is 0 Å². The van der Waals surface area contributed by atoms with Crippen molar-refractivity contribution in [2.45, 2.75) is 27.2 Å². The van der Waals surface area contributed by atoms with Crippen molar-refractivity contribution in [3.8, 4) is 0 Å². The summed E-state index contributed by atoms with van der Waals surface area (Å²) in [6.45, 7) is 7.07. The van der Waals surface area contributed by atoms with Crippen molar-refractivity contribution < 1.29 is 4.79 Å². The maximum atomic E-state index is 12.4. The Morgan fingerprint density at radius 2 is 1.90 bits per heavy atom. The molecule has 0 spiro atoms. The first kappa shape index (κ1) is 21.3. The minimum atomic E-state index is -0.0361. The maximum Gasteiger partial charge on any atom is 0.251 e. The Kier molecular flexibility index (Phi) is 7.39. The molecular weight excluding hydrogens is 370 g/mol. The highest BCUT2D eigenvalue weighted by atomic mass is 16.1. The number of anilines is 2. The summed E-state index contributed by atoms with van der Waals surface area (Å²) in [4.78, 5) is 16.7. The predicted octanol–water partition coefficient (Wildman–Crippen LogP) is 6.08. The number of nitrogens with zero attached hydrogens (tertiary/aromatic N) is 1. The normalized spacial score (nSPS) is 11.1. The molecule has 0 radical (unpaired) electrons. The molecule has 2 aromatic carbocycles. The maximum absolute atomic E-state index is 12.4. The molecule has 0 aliphatic heterocycles. The van der Waals surface area contributed by atoms with Crippen LogP contribution in [0, 0.1) is 12.8 Å². The molecule has 30 heavy (non-hydrogen) atoms. The van der Waals surface area contributed by atoms with Crippen molar-refractivity contribution in [1.29, 1.82) is 0 Å². The number of aromatic nitrogens is 1. The van der Waals surface area contributed by atoms with Crippen molar-refractivity contribution >= 4 is 29.4 Å². The van der Waals surface area contributed by atoms with E-state index >= 15 is 0 Å². The van der Waals surface area contributed by atoms with Crippen LogP contribution in [0.25, 0.3) is 12.2 Å². The van der Waals surface area contributed by atoms with Crippen LogP contribution in [-0.2, 0) is 0 Å². The molecule has 1 heterocycles. The fourth-order valence-corrected chi connectivity index (χ4v) is 3.06. The molecule has 1 amide bonds. The monoisotopic (exact) mass is 399 g/mol. The third kappa shape index (κ3) is 6.31. The average Bonchev–Trinajstić information content (AvgIpc) is 2.74. The molecule has 0 unspecified atom stereocenters. The second-order valence-corrected chi connectivity index (χ2v) is 7.81. The topological polar surface area (TPSA) is 54.0 Å². The first-order valence-electron chi connectivity index (χ1n) is 10.4. The summed E-state index contributed by atoms with van der Waals surface area (Å²) >= 11 is 0. The zero-order valence-corrected chi connectivity index (χ0v) is 17.9. The van der Waals surface area contributed by atoms with Gasteiger partial charge < -0.3 is 10.6 Å². The Hall–Kier alpha value is -3.40. The molecule has 4 heteroatoms. The Morgan fingerprint density at radius 3 is 2.63 bits per heavy atom. The van der Waals surface area contributed by atoms with Crippen molar-refractivity contribution in [2.24, 2.45) is 5.92 Å². The smallest absolute Gasteiger partial charge is 0.251 e. The van der Waals surface area contributed by atoms with Crippen LogP contribution in [0.2, 0.25) is 0 Å². The summed E-state index contributed by atoms with van der Waals surface area (Å²) in [5, 5.41) is 6.41. The van der Waals surface area contributed by atoms with Gasteiger partial charge in [0.25, 0.3) is 5.91 Å². The second kappa shape index (κ2) is 10.4. The Bertz CT molecular complexity index is 1010. The van der Waals surface area contributed by atoms with E-state index in [1.807, 2.05) is 48.5 Å². The molecule has 154 valence electrons. The summed E-state index contributed by atoms with van der Waals surface area (Å²) in [6, 6.07) is 19.7. The second-order valence-electron chi connectivity index (χ2n) is 7.81. The molecule has 0 aliphatic carbocycles. The Morgan fingerprint density at radius 1 is 1.03 bits per heavy atom. The molecule has 0 saturated heterocycles. The molecule has 4 nitrogen and oxygen atoms in total. The lowest BCUT2D eigenvalue weighted by Gasteiger charge is -2.12. The molecule has 1 aromatic heterocycles. The van der Waals surface area contributed by atoms with E-state index < -0.39 is 0 Å². The van der Waals surface area contributed by atoms with Gasteiger partial charge in [0.1, 0.15) is 0 Å². The largest absolute Gasteiger partial charge is 0.355 e. The van der Waals surface area contributed by atoms with E-state index in [1.165, 1.54) is 0 Å². The first-order valence-corrected chi connectivity index (χ1v) is 10.4. The number of hydrogen-bond acceptors (Lipinski definition) is 3. The van der Waals surface area contributed by atoms with Gasteiger partial charge in [0.15, 0.2) is 0 Å². The molecule has 0 bridgehead atoms. The lowest BCUT2D eigenvalue weighted by molar-refractivity contribution is 0.0952. The number of carbonyl (C=O) groups excluding carboxylic acids is 1. The number of hydrogen-bond donors (Lipinski definition) is 2. The fraction of sp³-hybridized carbons (Fsp3) is 0.231. The quantitative estimate of drug-likeness (QED) is 0.483. The standard InChI is InChI=1S/C26H29N3O/c1-19(2)14-16-28-26(30)22-7-6-9-24(18-22)29-25-13-11-21(17-20(25)3)10-12-23-8-4-5-15-27-23/h4-13,15,17-19,29H,14,16H2,1-3H3,(H,28,30)/b12-10+. The van der Waals surface area contributed by atoms with Crippen LogP contribution >= 0.6 is 0 Å². The lowest BCUT2D eigenvalue weighted by atomic mass is 10.1. The minimum absolute atomic E-state index is 0.0361. The van der Waals surface area contributed by atoms with Gasteiger partial charge in [-0.1, -0.05) is 38.1 Å². The molecule has 3 rings (SSSR count). The number of amides is 1. The van der Waals surface area contributed by atoms with Gasteiger partial charge in [0.05, 0.1) is 5.69 Å². The van der Waals surface area contributed by atoms with E-state index in [4.69, 9.17) is 0 Å². The molecular formula is C26H29N3O. The van der Waals surface area contributed by atoms with Crippen LogP contribution in [0.15, 0.2) is 66.9 Å². The zero-order valence-electron chi connectivity index (χ0n) is 17.9. The van der Waals surface area contributed by atoms with Crippen molar-refractivity contribution in [3.63, 3.8) is 0 Å². The van der Waals surface area contributed by atoms with Gasteiger partial charge in [-0.3, -0.25) is 9.78 Å². The summed E-state index contributed by atoms with van der Waals surface area (Å²) in [6.07, 6.45) is 6.82. The first-order chi connectivity index (χ1) is 14.5. The van der Waals surface area contributed by atoms with Gasteiger partial charge >= 0.3 is 0 Å². The van der Waals surface area contributed by atoms with Crippen LogP contribution in [0.1, 0.15) is 47.4 Å². The highest BCUT2D eigenvalue weighted by Crippen LogP contribution is 2.23.